The average Bonchev–Trinajstić information content (AvgIpc) is 3.34. The Kier molecular flexibility index (Phi) is 5.40. The van der Waals surface area contributed by atoms with Crippen molar-refractivity contribution in [2.45, 2.75) is 43.4 Å². The number of nitrogens with zero attached hydrogens (tertiary/aromatic N) is 2. The molecular formula is C23H18ClF4N3O3. The Labute approximate surface area is 195 Å². The zero-order valence-corrected chi connectivity index (χ0v) is 18.2. The summed E-state index contributed by atoms with van der Waals surface area (Å²) >= 11 is 6.01. The minimum Gasteiger partial charge on any atom is -0.481 e. The van der Waals surface area contributed by atoms with Gasteiger partial charge in [0.05, 0.1) is 38.7 Å². The SMILES string of the molecule is O=C(O)C1CC2CCC(N2)C1c1nn(C(=O)c2c(Cl)cccc2C(F)(F)F)c2cccc(F)c12. The number of hydrogen-bond donors (Lipinski definition) is 2. The van der Waals surface area contributed by atoms with E-state index in [1.165, 1.54) is 12.1 Å². The number of rotatable bonds is 3. The molecule has 0 aliphatic carbocycles. The average molecular weight is 496 g/mol. The first-order chi connectivity index (χ1) is 16.1. The summed E-state index contributed by atoms with van der Waals surface area (Å²) in [6, 6.07) is 6.48. The number of carbonyl (C=O) groups excluding carboxylic acids is 1. The smallest absolute Gasteiger partial charge is 0.417 e. The molecule has 3 aromatic rings. The van der Waals surface area contributed by atoms with Gasteiger partial charge in [0.2, 0.25) is 0 Å². The molecule has 1 aromatic heterocycles. The molecule has 4 unspecified atom stereocenters. The predicted octanol–water partition coefficient (Wildman–Crippen LogP) is 4.84. The van der Waals surface area contributed by atoms with Crippen molar-refractivity contribution < 1.29 is 32.3 Å². The largest absolute Gasteiger partial charge is 0.481 e. The third-order valence-electron chi connectivity index (χ3n) is 6.72. The van der Waals surface area contributed by atoms with Gasteiger partial charge < -0.3 is 10.4 Å². The fourth-order valence-electron chi connectivity index (χ4n) is 5.31. The van der Waals surface area contributed by atoms with Gasteiger partial charge in [0.1, 0.15) is 5.82 Å². The maximum Gasteiger partial charge on any atom is 0.417 e. The van der Waals surface area contributed by atoms with Crippen LogP contribution in [0.4, 0.5) is 17.6 Å². The van der Waals surface area contributed by atoms with Crippen LogP contribution in [0.15, 0.2) is 36.4 Å². The summed E-state index contributed by atoms with van der Waals surface area (Å²) < 4.78 is 56.7. The van der Waals surface area contributed by atoms with Gasteiger partial charge in [-0.2, -0.15) is 23.0 Å². The second kappa shape index (κ2) is 8.06. The summed E-state index contributed by atoms with van der Waals surface area (Å²) in [5, 5.41) is 16.9. The molecule has 0 spiro atoms. The minimum atomic E-state index is -4.87. The number of fused-ring (bicyclic) bond motifs is 3. The molecule has 2 saturated heterocycles. The Morgan fingerprint density at radius 3 is 2.59 bits per heavy atom. The van der Waals surface area contributed by atoms with E-state index < -0.39 is 51.9 Å². The number of carboxylic acids is 1. The molecular weight excluding hydrogens is 478 g/mol. The van der Waals surface area contributed by atoms with E-state index in [0.717, 1.165) is 30.7 Å². The molecule has 3 heterocycles. The number of aliphatic carboxylic acids is 1. The van der Waals surface area contributed by atoms with Crippen LogP contribution < -0.4 is 5.32 Å². The molecule has 6 nitrogen and oxygen atoms in total. The summed E-state index contributed by atoms with van der Waals surface area (Å²) in [5.41, 5.74) is -2.08. The maximum absolute atomic E-state index is 15.1. The number of nitrogens with one attached hydrogen (secondary N) is 1. The molecule has 2 N–H and O–H groups in total. The van der Waals surface area contributed by atoms with E-state index in [1.54, 1.807) is 0 Å². The zero-order chi connectivity index (χ0) is 24.4. The molecule has 178 valence electrons. The molecule has 34 heavy (non-hydrogen) atoms. The first kappa shape index (κ1) is 22.8. The molecule has 0 radical (unpaired) electrons. The van der Waals surface area contributed by atoms with Crippen LogP contribution in [0, 0.1) is 11.7 Å². The number of halogens is 5. The lowest BCUT2D eigenvalue weighted by Crippen LogP contribution is -2.46. The van der Waals surface area contributed by atoms with Gasteiger partial charge in [0.25, 0.3) is 5.91 Å². The van der Waals surface area contributed by atoms with E-state index in [0.29, 0.717) is 17.5 Å². The lowest BCUT2D eigenvalue weighted by atomic mass is 9.78. The van der Waals surface area contributed by atoms with Crippen molar-refractivity contribution >= 4 is 34.4 Å². The predicted molar refractivity (Wildman–Crippen MR) is 114 cm³/mol. The third-order valence-corrected chi connectivity index (χ3v) is 7.04. The first-order valence-electron chi connectivity index (χ1n) is 10.6. The third kappa shape index (κ3) is 3.56. The van der Waals surface area contributed by atoms with Gasteiger partial charge in [-0.3, -0.25) is 9.59 Å². The molecule has 2 aliphatic rings. The van der Waals surface area contributed by atoms with Crippen LogP contribution in [0.2, 0.25) is 5.02 Å². The van der Waals surface area contributed by atoms with E-state index in [9.17, 15) is 27.9 Å². The first-order valence-corrected chi connectivity index (χ1v) is 11.0. The van der Waals surface area contributed by atoms with Crippen molar-refractivity contribution in [3.05, 3.63) is 64.1 Å². The van der Waals surface area contributed by atoms with E-state index >= 15 is 4.39 Å². The Morgan fingerprint density at radius 1 is 1.15 bits per heavy atom. The maximum atomic E-state index is 15.1. The molecule has 0 saturated carbocycles. The van der Waals surface area contributed by atoms with Crippen LogP contribution >= 0.6 is 11.6 Å². The van der Waals surface area contributed by atoms with Crippen LogP contribution in [0.1, 0.15) is 46.8 Å². The molecule has 0 amide bonds. The lowest BCUT2D eigenvalue weighted by molar-refractivity contribution is -0.144. The number of carbonyl (C=O) groups is 2. The Morgan fingerprint density at radius 2 is 1.88 bits per heavy atom. The van der Waals surface area contributed by atoms with Gasteiger partial charge in [-0.1, -0.05) is 23.7 Å². The molecule has 2 fully saturated rings. The normalized spacial score (nSPS) is 24.5. The number of alkyl halides is 3. The van der Waals surface area contributed by atoms with Gasteiger partial charge in [0.15, 0.2) is 0 Å². The van der Waals surface area contributed by atoms with Crippen molar-refractivity contribution in [3.63, 3.8) is 0 Å². The Hall–Kier alpha value is -2.98. The summed E-state index contributed by atoms with van der Waals surface area (Å²) in [5.74, 6) is -4.64. The zero-order valence-electron chi connectivity index (χ0n) is 17.4. The summed E-state index contributed by atoms with van der Waals surface area (Å²) in [4.78, 5) is 25.5. The van der Waals surface area contributed by atoms with Gasteiger partial charge in [0, 0.05) is 18.0 Å². The van der Waals surface area contributed by atoms with Gasteiger partial charge >= 0.3 is 12.1 Å². The van der Waals surface area contributed by atoms with Crippen LogP contribution in [0.3, 0.4) is 0 Å². The molecule has 2 bridgehead atoms. The standard InChI is InChI=1S/C23H18ClF4N3O3/c24-13-4-1-3-12(23(26,27)28)18(13)21(32)31-16-6-2-5-14(25)19(16)20(30-31)17-11(22(33)34)9-10-7-8-15(17)29-10/h1-6,10-11,15,17,29H,7-9H2,(H,33,34). The Bertz CT molecular complexity index is 1320. The van der Waals surface area contributed by atoms with E-state index in [-0.39, 0.29) is 28.7 Å². The van der Waals surface area contributed by atoms with Crippen molar-refractivity contribution in [2.75, 3.05) is 0 Å². The van der Waals surface area contributed by atoms with Crippen molar-refractivity contribution in [1.82, 2.24) is 15.1 Å². The second-order valence-corrected chi connectivity index (χ2v) is 9.06. The van der Waals surface area contributed by atoms with Crippen LogP contribution in [0.25, 0.3) is 10.9 Å². The monoisotopic (exact) mass is 495 g/mol. The van der Waals surface area contributed by atoms with E-state index in [2.05, 4.69) is 10.4 Å². The highest BCUT2D eigenvalue weighted by atomic mass is 35.5. The van der Waals surface area contributed by atoms with E-state index in [1.807, 2.05) is 0 Å². The summed E-state index contributed by atoms with van der Waals surface area (Å²) in [6.07, 6.45) is -3.18. The summed E-state index contributed by atoms with van der Waals surface area (Å²) in [6.45, 7) is 0. The van der Waals surface area contributed by atoms with Crippen LogP contribution in [-0.2, 0) is 11.0 Å². The number of aromatic nitrogens is 2. The molecule has 4 atom stereocenters. The number of hydrogen-bond acceptors (Lipinski definition) is 4. The quantitative estimate of drug-likeness (QED) is 0.508. The van der Waals surface area contributed by atoms with E-state index in [4.69, 9.17) is 11.6 Å². The lowest BCUT2D eigenvalue weighted by Gasteiger charge is -2.34. The minimum absolute atomic E-state index is 0.0136. The van der Waals surface area contributed by atoms with Crippen LogP contribution in [0.5, 0.6) is 0 Å². The number of piperidine rings is 1. The number of benzene rings is 2. The second-order valence-electron chi connectivity index (χ2n) is 8.65. The number of carboxylic acid groups (broad SMARTS) is 1. The molecule has 11 heteroatoms. The van der Waals surface area contributed by atoms with Crippen molar-refractivity contribution in [2.24, 2.45) is 5.92 Å². The topological polar surface area (TPSA) is 84.2 Å². The van der Waals surface area contributed by atoms with Crippen molar-refractivity contribution in [1.29, 1.82) is 0 Å². The van der Waals surface area contributed by atoms with Gasteiger partial charge in [-0.15, -0.1) is 0 Å². The van der Waals surface area contributed by atoms with Gasteiger partial charge in [-0.25, -0.2) is 4.39 Å². The highest BCUT2D eigenvalue weighted by molar-refractivity contribution is 6.34. The molecule has 2 aliphatic heterocycles. The fourth-order valence-corrected chi connectivity index (χ4v) is 5.57. The summed E-state index contributed by atoms with van der Waals surface area (Å²) in [7, 11) is 0. The van der Waals surface area contributed by atoms with Gasteiger partial charge in [-0.05, 0) is 43.5 Å². The van der Waals surface area contributed by atoms with Crippen molar-refractivity contribution in [3.8, 4) is 0 Å². The Balaban J connectivity index is 1.73. The fraction of sp³-hybridized carbons (Fsp3) is 0.348. The van der Waals surface area contributed by atoms with Crippen LogP contribution in [-0.4, -0.2) is 38.8 Å². The highest BCUT2D eigenvalue weighted by Crippen LogP contribution is 2.44. The highest BCUT2D eigenvalue weighted by Gasteiger charge is 2.48. The molecule has 2 aromatic carbocycles. The molecule has 5 rings (SSSR count).